The average molecular weight is 542 g/mol. The maximum atomic E-state index is 11.8. The number of aliphatic hydroxyl groups is 1. The summed E-state index contributed by atoms with van der Waals surface area (Å²) in [5.41, 5.74) is 4.17. The van der Waals surface area contributed by atoms with E-state index < -0.39 is 5.60 Å². The third kappa shape index (κ3) is 9.59. The van der Waals surface area contributed by atoms with Crippen molar-refractivity contribution in [3.63, 3.8) is 0 Å². The topological polar surface area (TPSA) is 58.6 Å². The van der Waals surface area contributed by atoms with E-state index in [0.29, 0.717) is 36.8 Å². The van der Waals surface area contributed by atoms with E-state index in [0.717, 1.165) is 50.4 Å². The molecule has 4 heteroatoms. The highest BCUT2D eigenvalue weighted by molar-refractivity contribution is 5.75. The third-order valence-corrected chi connectivity index (χ3v) is 9.93. The highest BCUT2D eigenvalue weighted by Gasteiger charge is 2.50. The minimum atomic E-state index is -0.548. The zero-order valence-corrected chi connectivity index (χ0v) is 26.1. The maximum Gasteiger partial charge on any atom is 0.220 e. The molecule has 222 valence electrons. The van der Waals surface area contributed by atoms with E-state index in [1.165, 1.54) is 49.7 Å². The van der Waals surface area contributed by atoms with Gasteiger partial charge in [0, 0.05) is 19.6 Å². The van der Waals surface area contributed by atoms with Crippen LogP contribution in [0.25, 0.3) is 0 Å². The van der Waals surface area contributed by atoms with E-state index in [9.17, 15) is 9.90 Å². The first-order valence-electron chi connectivity index (χ1n) is 16.1. The number of rotatable bonds is 13. The molecule has 2 N–H and O–H groups in total. The summed E-state index contributed by atoms with van der Waals surface area (Å²) in [4.78, 5) is 11.8. The van der Waals surface area contributed by atoms with E-state index in [-0.39, 0.29) is 12.0 Å². The smallest absolute Gasteiger partial charge is 0.220 e. The van der Waals surface area contributed by atoms with Gasteiger partial charge in [-0.15, -0.1) is 0 Å². The Kier molecular flexibility index (Phi) is 11.9. The first kappa shape index (κ1) is 32.1. The first-order valence-corrected chi connectivity index (χ1v) is 16.1. The minimum Gasteiger partial charge on any atom is -0.390 e. The monoisotopic (exact) mass is 541 g/mol. The van der Waals surface area contributed by atoms with Crippen LogP contribution in [-0.2, 0) is 9.53 Å². The fourth-order valence-electron chi connectivity index (χ4n) is 7.79. The van der Waals surface area contributed by atoms with Crippen LogP contribution in [0.1, 0.15) is 125 Å². The van der Waals surface area contributed by atoms with Crippen molar-refractivity contribution in [2.24, 2.45) is 29.1 Å². The van der Waals surface area contributed by atoms with E-state index in [2.05, 4.69) is 51.7 Å². The second-order valence-electron chi connectivity index (χ2n) is 14.4. The van der Waals surface area contributed by atoms with Gasteiger partial charge in [0.25, 0.3) is 0 Å². The fraction of sp³-hybridized carbons (Fsp3) is 0.800. The van der Waals surface area contributed by atoms with Crippen molar-refractivity contribution in [2.75, 3.05) is 13.2 Å². The predicted octanol–water partition coefficient (Wildman–Crippen LogP) is 8.31. The molecule has 0 bridgehead atoms. The molecule has 1 unspecified atom stereocenters. The lowest BCUT2D eigenvalue weighted by Crippen LogP contribution is -2.36. The van der Waals surface area contributed by atoms with Gasteiger partial charge in [-0.25, -0.2) is 0 Å². The van der Waals surface area contributed by atoms with E-state index >= 15 is 0 Å². The van der Waals surface area contributed by atoms with Crippen LogP contribution in [-0.4, -0.2) is 35.9 Å². The van der Waals surface area contributed by atoms with Gasteiger partial charge in [0.1, 0.15) is 0 Å². The van der Waals surface area contributed by atoms with Crippen LogP contribution >= 0.6 is 0 Å². The molecule has 0 radical (unpaired) electrons. The third-order valence-electron chi connectivity index (χ3n) is 9.93. The summed E-state index contributed by atoms with van der Waals surface area (Å²) < 4.78 is 6.23. The van der Waals surface area contributed by atoms with Gasteiger partial charge in [-0.2, -0.15) is 0 Å². The Morgan fingerprint density at radius 1 is 1.18 bits per heavy atom. The zero-order chi connectivity index (χ0) is 28.6. The van der Waals surface area contributed by atoms with Crippen molar-refractivity contribution in [2.45, 2.75) is 137 Å². The molecule has 4 nitrogen and oxygen atoms in total. The zero-order valence-electron chi connectivity index (χ0n) is 26.1. The van der Waals surface area contributed by atoms with Gasteiger partial charge in [0.05, 0.1) is 11.7 Å². The van der Waals surface area contributed by atoms with Crippen LogP contribution in [0, 0.1) is 29.1 Å². The van der Waals surface area contributed by atoms with E-state index in [4.69, 9.17) is 4.74 Å². The predicted molar refractivity (Wildman–Crippen MR) is 163 cm³/mol. The molecule has 0 aromatic heterocycles. The molecule has 3 aliphatic rings. The molecule has 5 atom stereocenters. The van der Waals surface area contributed by atoms with Crippen molar-refractivity contribution in [1.82, 2.24) is 5.32 Å². The normalized spacial score (nSPS) is 30.7. The summed E-state index contributed by atoms with van der Waals surface area (Å²) in [6.45, 7) is 18.8. The van der Waals surface area contributed by atoms with Crippen molar-refractivity contribution in [3.8, 4) is 0 Å². The highest BCUT2D eigenvalue weighted by Crippen LogP contribution is 2.60. The van der Waals surface area contributed by atoms with Gasteiger partial charge >= 0.3 is 0 Å². The van der Waals surface area contributed by atoms with Crippen LogP contribution < -0.4 is 5.32 Å². The molecule has 39 heavy (non-hydrogen) atoms. The summed E-state index contributed by atoms with van der Waals surface area (Å²) in [6, 6.07) is 0. The number of ether oxygens (including phenoxy) is 1. The summed E-state index contributed by atoms with van der Waals surface area (Å²) in [6.07, 6.45) is 19.4. The second kappa shape index (κ2) is 14.5. The van der Waals surface area contributed by atoms with Gasteiger partial charge < -0.3 is 15.2 Å². The molecule has 0 heterocycles. The Bertz CT molecular complexity index is 879. The number of carbonyl (C=O) groups is 1. The summed E-state index contributed by atoms with van der Waals surface area (Å²) in [5, 5.41) is 13.1. The molecule has 3 aliphatic carbocycles. The molecule has 3 rings (SSSR count). The van der Waals surface area contributed by atoms with Crippen molar-refractivity contribution >= 4 is 5.91 Å². The summed E-state index contributed by atoms with van der Waals surface area (Å²) in [7, 11) is 0. The number of fused-ring (bicyclic) bond motifs is 1. The summed E-state index contributed by atoms with van der Waals surface area (Å²) in [5.74, 6) is 2.76. The van der Waals surface area contributed by atoms with Crippen molar-refractivity contribution in [3.05, 3.63) is 35.5 Å². The Morgan fingerprint density at radius 3 is 2.67 bits per heavy atom. The Morgan fingerprint density at radius 2 is 1.95 bits per heavy atom. The molecular formula is C35H59NO3. The number of hydrogen-bond acceptors (Lipinski definition) is 3. The Balaban J connectivity index is 1.53. The standard InChI is InChI=1S/C35H59NO3/c1-25(2)23-33(37)36-21-10-22-39-30-16-13-26(3)29(24-30)15-14-28-12-9-20-35(7)31(17-18-32(28)35)27(4)11-8-19-34(5,6)38/h14-15,25,27,30-32,38H,3,8-13,16-24H2,1-2,4-7H3,(H,36,37)/b28-14+,29-15-/t27-,30+,31?,32+,35-/m1/s1. The molecule has 0 spiro atoms. The lowest BCUT2D eigenvalue weighted by Gasteiger charge is -2.44. The Hall–Kier alpha value is -1.39. The molecule has 1 amide bonds. The van der Waals surface area contributed by atoms with Crippen LogP contribution in [0.15, 0.2) is 35.5 Å². The fourth-order valence-corrected chi connectivity index (χ4v) is 7.79. The maximum absolute atomic E-state index is 11.8. The Labute approximate surface area is 240 Å². The van der Waals surface area contributed by atoms with Gasteiger partial charge in [0.15, 0.2) is 0 Å². The number of nitrogens with one attached hydrogen (secondary N) is 1. The van der Waals surface area contributed by atoms with Crippen LogP contribution in [0.5, 0.6) is 0 Å². The molecular weight excluding hydrogens is 482 g/mol. The largest absolute Gasteiger partial charge is 0.390 e. The summed E-state index contributed by atoms with van der Waals surface area (Å²) >= 11 is 0. The van der Waals surface area contributed by atoms with Gasteiger partial charge in [-0.1, -0.05) is 70.4 Å². The lowest BCUT2D eigenvalue weighted by molar-refractivity contribution is -0.121. The number of hydrogen-bond donors (Lipinski definition) is 2. The van der Waals surface area contributed by atoms with E-state index in [1.54, 1.807) is 5.57 Å². The average Bonchev–Trinajstić information content (AvgIpc) is 3.20. The van der Waals surface area contributed by atoms with E-state index in [1.807, 2.05) is 13.8 Å². The SMILES string of the molecule is C=C1CC[C@H](OCCCNC(=O)CC(C)C)C/C1=C/C=C1\CCC[C@]2(C)C([C@H](C)CCCC(C)(C)O)CC[C@@H]12. The minimum absolute atomic E-state index is 0.143. The number of allylic oxidation sites excluding steroid dienone is 4. The van der Waals surface area contributed by atoms with Crippen molar-refractivity contribution in [1.29, 1.82) is 0 Å². The molecule has 3 fully saturated rings. The van der Waals surface area contributed by atoms with Gasteiger partial charge in [-0.05, 0) is 113 Å². The van der Waals surface area contributed by atoms with Crippen LogP contribution in [0.4, 0.5) is 0 Å². The molecule has 0 aromatic rings. The molecule has 0 aromatic carbocycles. The van der Waals surface area contributed by atoms with Gasteiger partial charge in [-0.3, -0.25) is 4.79 Å². The van der Waals surface area contributed by atoms with Crippen LogP contribution in [0.2, 0.25) is 0 Å². The van der Waals surface area contributed by atoms with Crippen LogP contribution in [0.3, 0.4) is 0 Å². The molecule has 0 saturated heterocycles. The molecule has 0 aliphatic heterocycles. The highest BCUT2D eigenvalue weighted by atomic mass is 16.5. The molecule has 3 saturated carbocycles. The second-order valence-corrected chi connectivity index (χ2v) is 14.4. The quantitative estimate of drug-likeness (QED) is 0.231. The first-order chi connectivity index (χ1) is 18.4. The van der Waals surface area contributed by atoms with Gasteiger partial charge in [0.2, 0.25) is 5.91 Å². The number of carbonyl (C=O) groups excluding carboxylic acids is 1. The number of amides is 1. The van der Waals surface area contributed by atoms with Crippen molar-refractivity contribution < 1.29 is 14.6 Å². The lowest BCUT2D eigenvalue weighted by atomic mass is 9.60.